The number of methoxy groups -OCH3 is 1. The van der Waals surface area contributed by atoms with Crippen LogP contribution in [0.2, 0.25) is 0 Å². The minimum absolute atomic E-state index is 0.104. The van der Waals surface area contributed by atoms with E-state index in [0.717, 1.165) is 32.7 Å². The predicted octanol–water partition coefficient (Wildman–Crippen LogP) is 4.44. The zero-order valence-corrected chi connectivity index (χ0v) is 16.2. The molecule has 4 rings (SSSR count). The number of ether oxygens (including phenoxy) is 1. The first-order valence-corrected chi connectivity index (χ1v) is 9.25. The maximum absolute atomic E-state index is 12.3. The minimum Gasteiger partial charge on any atom is -0.497 e. The first-order chi connectivity index (χ1) is 14.0. The van der Waals surface area contributed by atoms with Crippen molar-refractivity contribution in [1.29, 1.82) is 0 Å². The van der Waals surface area contributed by atoms with Gasteiger partial charge in [-0.05, 0) is 66.6 Å². The molecule has 0 unspecified atom stereocenters. The van der Waals surface area contributed by atoms with Gasteiger partial charge in [-0.1, -0.05) is 18.2 Å². The summed E-state index contributed by atoms with van der Waals surface area (Å²) >= 11 is 0. The molecule has 2 N–H and O–H groups in total. The fourth-order valence-corrected chi connectivity index (χ4v) is 3.20. The summed E-state index contributed by atoms with van der Waals surface area (Å²) in [6.07, 6.45) is 0.275. The molecule has 146 valence electrons. The van der Waals surface area contributed by atoms with Crippen molar-refractivity contribution in [1.82, 2.24) is 9.71 Å². The highest BCUT2D eigenvalue weighted by atomic mass is 16.5. The van der Waals surface area contributed by atoms with Crippen LogP contribution in [-0.4, -0.2) is 27.9 Å². The van der Waals surface area contributed by atoms with E-state index in [1.54, 1.807) is 19.2 Å². The molecule has 0 saturated carbocycles. The van der Waals surface area contributed by atoms with Gasteiger partial charge in [0.2, 0.25) is 5.91 Å². The number of hydrogen-bond acceptors (Lipinski definition) is 4. The van der Waals surface area contributed by atoms with Gasteiger partial charge in [-0.3, -0.25) is 4.79 Å². The van der Waals surface area contributed by atoms with E-state index in [0.29, 0.717) is 17.0 Å². The smallest absolute Gasteiger partial charge is 0.228 e. The molecule has 0 aliphatic rings. The maximum Gasteiger partial charge on any atom is 0.228 e. The van der Waals surface area contributed by atoms with Crippen molar-refractivity contribution in [3.05, 3.63) is 77.9 Å². The van der Waals surface area contributed by atoms with Gasteiger partial charge in [-0.2, -0.15) is 4.73 Å². The summed E-state index contributed by atoms with van der Waals surface area (Å²) in [4.78, 5) is 16.8. The Morgan fingerprint density at radius 1 is 1.07 bits per heavy atom. The Balaban J connectivity index is 1.47. The third-order valence-electron chi connectivity index (χ3n) is 4.74. The molecule has 0 atom stereocenters. The Labute approximate surface area is 168 Å². The van der Waals surface area contributed by atoms with Crippen LogP contribution in [0.4, 0.5) is 5.69 Å². The maximum atomic E-state index is 12.3. The van der Waals surface area contributed by atoms with Crippen molar-refractivity contribution in [2.45, 2.75) is 13.3 Å². The van der Waals surface area contributed by atoms with Crippen LogP contribution < -0.4 is 10.1 Å². The van der Waals surface area contributed by atoms with Crippen LogP contribution in [-0.2, 0) is 11.2 Å². The van der Waals surface area contributed by atoms with E-state index < -0.39 is 0 Å². The normalized spacial score (nSPS) is 10.8. The Hall–Kier alpha value is -3.80. The van der Waals surface area contributed by atoms with Crippen molar-refractivity contribution < 1.29 is 14.7 Å². The zero-order chi connectivity index (χ0) is 20.4. The lowest BCUT2D eigenvalue weighted by atomic mass is 10.1. The summed E-state index contributed by atoms with van der Waals surface area (Å²) < 4.78 is 6.22. The van der Waals surface area contributed by atoms with E-state index in [4.69, 9.17) is 4.74 Å². The van der Waals surface area contributed by atoms with E-state index in [1.165, 1.54) is 0 Å². The van der Waals surface area contributed by atoms with Crippen molar-refractivity contribution in [2.24, 2.45) is 0 Å². The number of rotatable bonds is 5. The summed E-state index contributed by atoms with van der Waals surface area (Å²) in [5.74, 6) is 1.12. The van der Waals surface area contributed by atoms with Gasteiger partial charge in [-0.15, -0.1) is 0 Å². The average Bonchev–Trinajstić information content (AvgIpc) is 3.05. The summed E-state index contributed by atoms with van der Waals surface area (Å²) in [5.41, 5.74) is 4.79. The summed E-state index contributed by atoms with van der Waals surface area (Å²) in [6.45, 7) is 1.97. The van der Waals surface area contributed by atoms with Gasteiger partial charge in [0.1, 0.15) is 11.3 Å². The van der Waals surface area contributed by atoms with Crippen LogP contribution >= 0.6 is 0 Å². The highest BCUT2D eigenvalue weighted by Crippen LogP contribution is 2.25. The molecule has 0 spiro atoms. The number of anilines is 1. The second kappa shape index (κ2) is 7.67. The number of imidazole rings is 1. The van der Waals surface area contributed by atoms with Gasteiger partial charge in [0.15, 0.2) is 5.82 Å². The largest absolute Gasteiger partial charge is 0.497 e. The van der Waals surface area contributed by atoms with Crippen LogP contribution in [0, 0.1) is 6.92 Å². The third kappa shape index (κ3) is 3.91. The molecule has 0 radical (unpaired) electrons. The number of aryl methyl sites for hydroxylation is 1. The van der Waals surface area contributed by atoms with Crippen molar-refractivity contribution in [2.75, 3.05) is 12.4 Å². The molecule has 1 amide bonds. The summed E-state index contributed by atoms with van der Waals surface area (Å²) in [5, 5.41) is 13.3. The molecule has 0 aliphatic heterocycles. The van der Waals surface area contributed by atoms with E-state index in [-0.39, 0.29) is 12.3 Å². The number of carbonyl (C=O) groups is 1. The Morgan fingerprint density at radius 3 is 2.48 bits per heavy atom. The highest BCUT2D eigenvalue weighted by Gasteiger charge is 2.12. The van der Waals surface area contributed by atoms with Crippen LogP contribution in [0.1, 0.15) is 11.1 Å². The monoisotopic (exact) mass is 387 g/mol. The SMILES string of the molecule is COc1ccc(CC(=O)Nc2ccc(-c3nc4ccc(C)cc4n3O)cc2)cc1. The van der Waals surface area contributed by atoms with Gasteiger partial charge in [0, 0.05) is 11.3 Å². The van der Waals surface area contributed by atoms with Crippen LogP contribution in [0.15, 0.2) is 66.7 Å². The number of aromatic nitrogens is 2. The predicted molar refractivity (Wildman–Crippen MR) is 112 cm³/mol. The second-order valence-corrected chi connectivity index (χ2v) is 6.89. The van der Waals surface area contributed by atoms with Crippen molar-refractivity contribution >= 4 is 22.6 Å². The topological polar surface area (TPSA) is 76.4 Å². The number of hydrogen-bond donors (Lipinski definition) is 2. The number of amides is 1. The lowest BCUT2D eigenvalue weighted by molar-refractivity contribution is -0.115. The number of fused-ring (bicyclic) bond motifs is 1. The lowest BCUT2D eigenvalue weighted by Crippen LogP contribution is -2.14. The molecule has 1 aromatic heterocycles. The van der Waals surface area contributed by atoms with Gasteiger partial charge < -0.3 is 15.3 Å². The van der Waals surface area contributed by atoms with E-state index >= 15 is 0 Å². The lowest BCUT2D eigenvalue weighted by Gasteiger charge is -2.07. The van der Waals surface area contributed by atoms with Crippen molar-refractivity contribution in [3.8, 4) is 17.1 Å². The third-order valence-corrected chi connectivity index (χ3v) is 4.74. The number of carbonyl (C=O) groups excluding carboxylic acids is 1. The van der Waals surface area contributed by atoms with Gasteiger partial charge in [0.05, 0.1) is 19.0 Å². The number of nitrogens with one attached hydrogen (secondary N) is 1. The molecule has 1 heterocycles. The standard InChI is InChI=1S/C23H21N3O3/c1-15-3-12-20-21(13-15)26(28)23(25-20)17-6-8-18(9-7-17)24-22(27)14-16-4-10-19(29-2)11-5-16/h3-13,28H,14H2,1-2H3,(H,24,27). The van der Waals surface area contributed by atoms with Gasteiger partial charge in [-0.25, -0.2) is 4.98 Å². The summed E-state index contributed by atoms with van der Waals surface area (Å²) in [6, 6.07) is 20.4. The molecule has 3 aromatic carbocycles. The first-order valence-electron chi connectivity index (χ1n) is 9.25. The van der Waals surface area contributed by atoms with Gasteiger partial charge in [0.25, 0.3) is 0 Å². The molecule has 6 heteroatoms. The van der Waals surface area contributed by atoms with Crippen molar-refractivity contribution in [3.63, 3.8) is 0 Å². The zero-order valence-electron chi connectivity index (χ0n) is 16.2. The molecular weight excluding hydrogens is 366 g/mol. The van der Waals surface area contributed by atoms with Crippen LogP contribution in [0.5, 0.6) is 5.75 Å². The average molecular weight is 387 g/mol. The van der Waals surface area contributed by atoms with E-state index in [9.17, 15) is 10.0 Å². The first kappa shape index (κ1) is 18.6. The summed E-state index contributed by atoms with van der Waals surface area (Å²) in [7, 11) is 1.61. The van der Waals surface area contributed by atoms with Crippen LogP contribution in [0.3, 0.4) is 0 Å². The molecule has 0 bridgehead atoms. The Bertz CT molecular complexity index is 1160. The molecule has 29 heavy (non-hydrogen) atoms. The fraction of sp³-hybridized carbons (Fsp3) is 0.130. The molecule has 0 fully saturated rings. The quantitative estimate of drug-likeness (QED) is 0.497. The fourth-order valence-electron chi connectivity index (χ4n) is 3.20. The number of nitrogens with zero attached hydrogens (tertiary/aromatic N) is 2. The molecular formula is C23H21N3O3. The molecule has 0 aliphatic carbocycles. The van der Waals surface area contributed by atoms with E-state index in [2.05, 4.69) is 10.3 Å². The molecule has 4 aromatic rings. The Kier molecular flexibility index (Phi) is 4.91. The number of benzene rings is 3. The van der Waals surface area contributed by atoms with Crippen LogP contribution in [0.25, 0.3) is 22.4 Å². The van der Waals surface area contributed by atoms with E-state index in [1.807, 2.05) is 61.5 Å². The highest BCUT2D eigenvalue weighted by molar-refractivity contribution is 5.92. The van der Waals surface area contributed by atoms with Gasteiger partial charge >= 0.3 is 0 Å². The molecule has 6 nitrogen and oxygen atoms in total. The second-order valence-electron chi connectivity index (χ2n) is 6.89. The Morgan fingerprint density at radius 2 is 1.79 bits per heavy atom. The molecule has 0 saturated heterocycles. The minimum atomic E-state index is -0.104.